The van der Waals surface area contributed by atoms with E-state index in [0.717, 1.165) is 20.6 Å². The zero-order valence-electron chi connectivity index (χ0n) is 9.34. The van der Waals surface area contributed by atoms with Gasteiger partial charge in [-0.25, -0.2) is 9.97 Å². The number of nitrogens with two attached hydrogens (primary N) is 1. The van der Waals surface area contributed by atoms with Crippen molar-refractivity contribution in [1.29, 1.82) is 0 Å². The van der Waals surface area contributed by atoms with Crippen molar-refractivity contribution >= 4 is 33.1 Å². The van der Waals surface area contributed by atoms with Gasteiger partial charge in [0.25, 0.3) is 0 Å². The van der Waals surface area contributed by atoms with Crippen molar-refractivity contribution in [3.8, 4) is 10.7 Å². The van der Waals surface area contributed by atoms with Crippen LogP contribution in [0.15, 0.2) is 10.5 Å². The number of hydrogen-bond donors (Lipinski definition) is 1. The fourth-order valence-electron chi connectivity index (χ4n) is 1.33. The van der Waals surface area contributed by atoms with E-state index in [0.29, 0.717) is 11.6 Å². The maximum Gasteiger partial charge on any atom is 0.171 e. The van der Waals surface area contributed by atoms with Crippen LogP contribution in [0.4, 0.5) is 5.82 Å². The molecule has 2 N–H and O–H groups in total. The number of nitrogen functional groups attached to an aromatic ring is 1. The highest BCUT2D eigenvalue weighted by molar-refractivity contribution is 9.10. The summed E-state index contributed by atoms with van der Waals surface area (Å²) >= 11 is 5.15. The van der Waals surface area contributed by atoms with Crippen molar-refractivity contribution in [1.82, 2.24) is 9.97 Å². The Morgan fingerprint density at radius 2 is 1.94 bits per heavy atom. The van der Waals surface area contributed by atoms with Gasteiger partial charge in [0.2, 0.25) is 0 Å². The minimum Gasteiger partial charge on any atom is -0.383 e. The normalized spacial score (nSPS) is 10.8. The van der Waals surface area contributed by atoms with Crippen molar-refractivity contribution in [3.05, 3.63) is 26.7 Å². The Labute approximate surface area is 107 Å². The van der Waals surface area contributed by atoms with Gasteiger partial charge in [-0.05, 0) is 42.8 Å². The molecule has 84 valence electrons. The van der Waals surface area contributed by atoms with Crippen LogP contribution in [0.1, 0.15) is 16.1 Å². The molecule has 0 aliphatic heterocycles. The van der Waals surface area contributed by atoms with Crippen LogP contribution in [0.5, 0.6) is 0 Å². The average molecular weight is 298 g/mol. The lowest BCUT2D eigenvalue weighted by atomic mass is 10.2. The molecule has 0 bridgehead atoms. The molecule has 0 aliphatic rings. The Morgan fingerprint density at radius 3 is 2.44 bits per heavy atom. The van der Waals surface area contributed by atoms with Crippen LogP contribution in [0.25, 0.3) is 10.7 Å². The Bertz CT molecular complexity index is 506. The number of hydrogen-bond acceptors (Lipinski definition) is 4. The first-order chi connectivity index (χ1) is 7.49. The van der Waals surface area contributed by atoms with Gasteiger partial charge in [-0.1, -0.05) is 0 Å². The maximum absolute atomic E-state index is 5.85. The van der Waals surface area contributed by atoms with Crippen molar-refractivity contribution < 1.29 is 0 Å². The largest absolute Gasteiger partial charge is 0.383 e. The summed E-state index contributed by atoms with van der Waals surface area (Å²) in [6.07, 6.45) is 0. The highest BCUT2D eigenvalue weighted by Crippen LogP contribution is 2.33. The number of aryl methyl sites for hydroxylation is 2. The van der Waals surface area contributed by atoms with Crippen LogP contribution < -0.4 is 5.73 Å². The second kappa shape index (κ2) is 4.14. The predicted molar refractivity (Wildman–Crippen MR) is 71.7 cm³/mol. The molecule has 3 nitrogen and oxygen atoms in total. The quantitative estimate of drug-likeness (QED) is 0.877. The fraction of sp³-hybridized carbons (Fsp3) is 0.273. The average Bonchev–Trinajstić information content (AvgIpc) is 2.55. The van der Waals surface area contributed by atoms with E-state index in [2.05, 4.69) is 32.8 Å². The summed E-state index contributed by atoms with van der Waals surface area (Å²) < 4.78 is 1.09. The van der Waals surface area contributed by atoms with Gasteiger partial charge in [-0.2, -0.15) is 0 Å². The van der Waals surface area contributed by atoms with Crippen molar-refractivity contribution in [2.24, 2.45) is 0 Å². The van der Waals surface area contributed by atoms with Crippen LogP contribution in [0, 0.1) is 20.8 Å². The molecule has 0 fully saturated rings. The summed E-state index contributed by atoms with van der Waals surface area (Å²) in [6, 6.07) is 2.03. The lowest BCUT2D eigenvalue weighted by molar-refractivity contribution is 1.08. The maximum atomic E-state index is 5.85. The molecule has 5 heteroatoms. The van der Waals surface area contributed by atoms with Crippen molar-refractivity contribution in [2.45, 2.75) is 20.8 Å². The first-order valence-electron chi connectivity index (χ1n) is 4.86. The predicted octanol–water partition coefficient (Wildman–Crippen LogP) is 3.48. The summed E-state index contributed by atoms with van der Waals surface area (Å²) in [7, 11) is 0. The topological polar surface area (TPSA) is 51.8 Å². The first kappa shape index (κ1) is 11.5. The molecular formula is C11H12BrN3S. The molecule has 2 aromatic rings. The van der Waals surface area contributed by atoms with Gasteiger partial charge in [0.15, 0.2) is 5.82 Å². The Balaban J connectivity index is 2.56. The molecule has 2 aromatic heterocycles. The summed E-state index contributed by atoms with van der Waals surface area (Å²) in [5, 5.41) is 0. The Kier molecular flexibility index (Phi) is 2.99. The SMILES string of the molecule is Cc1nc(-c2cc(Br)c(C)s2)nc(N)c1C. The van der Waals surface area contributed by atoms with E-state index < -0.39 is 0 Å². The van der Waals surface area contributed by atoms with Gasteiger partial charge >= 0.3 is 0 Å². The number of halogens is 1. The van der Waals surface area contributed by atoms with E-state index in [1.54, 1.807) is 11.3 Å². The molecule has 0 unspecified atom stereocenters. The first-order valence-corrected chi connectivity index (χ1v) is 6.47. The van der Waals surface area contributed by atoms with E-state index in [-0.39, 0.29) is 0 Å². The lowest BCUT2D eigenvalue weighted by Crippen LogP contribution is -2.01. The van der Waals surface area contributed by atoms with Crippen LogP contribution >= 0.6 is 27.3 Å². The molecule has 0 saturated carbocycles. The molecule has 0 radical (unpaired) electrons. The second-order valence-electron chi connectivity index (χ2n) is 3.66. The van der Waals surface area contributed by atoms with Crippen LogP contribution in [-0.2, 0) is 0 Å². The third-order valence-electron chi connectivity index (χ3n) is 2.50. The Morgan fingerprint density at radius 1 is 1.25 bits per heavy atom. The van der Waals surface area contributed by atoms with Crippen LogP contribution in [-0.4, -0.2) is 9.97 Å². The highest BCUT2D eigenvalue weighted by Gasteiger charge is 2.11. The van der Waals surface area contributed by atoms with Gasteiger partial charge in [-0.15, -0.1) is 11.3 Å². The summed E-state index contributed by atoms with van der Waals surface area (Å²) in [5.74, 6) is 1.27. The van der Waals surface area contributed by atoms with E-state index in [1.807, 2.05) is 19.9 Å². The van der Waals surface area contributed by atoms with Gasteiger partial charge in [0.05, 0.1) is 4.88 Å². The van der Waals surface area contributed by atoms with Crippen LogP contribution in [0.3, 0.4) is 0 Å². The fourth-order valence-corrected chi connectivity index (χ4v) is 2.80. The van der Waals surface area contributed by atoms with E-state index >= 15 is 0 Å². The van der Waals surface area contributed by atoms with Gasteiger partial charge < -0.3 is 5.73 Å². The van der Waals surface area contributed by atoms with E-state index in [9.17, 15) is 0 Å². The summed E-state index contributed by atoms with van der Waals surface area (Å²) in [5.41, 5.74) is 7.74. The summed E-state index contributed by atoms with van der Waals surface area (Å²) in [6.45, 7) is 5.94. The molecule has 0 aliphatic carbocycles. The van der Waals surface area contributed by atoms with Gasteiger partial charge in [0.1, 0.15) is 5.82 Å². The smallest absolute Gasteiger partial charge is 0.171 e. The van der Waals surface area contributed by atoms with Crippen molar-refractivity contribution in [3.63, 3.8) is 0 Å². The number of rotatable bonds is 1. The summed E-state index contributed by atoms with van der Waals surface area (Å²) in [4.78, 5) is 11.0. The molecule has 0 saturated heterocycles. The highest BCUT2D eigenvalue weighted by atomic mass is 79.9. The van der Waals surface area contributed by atoms with Crippen LogP contribution in [0.2, 0.25) is 0 Å². The van der Waals surface area contributed by atoms with Gasteiger partial charge in [-0.3, -0.25) is 0 Å². The molecule has 16 heavy (non-hydrogen) atoms. The zero-order valence-corrected chi connectivity index (χ0v) is 11.7. The minimum absolute atomic E-state index is 0.560. The minimum atomic E-state index is 0.560. The molecular weight excluding hydrogens is 286 g/mol. The third kappa shape index (κ3) is 1.97. The standard InChI is InChI=1S/C11H12BrN3S/c1-5-6(2)14-11(15-10(5)13)9-4-8(12)7(3)16-9/h4H,1-3H3,(H2,13,14,15). The molecule has 0 amide bonds. The van der Waals surface area contributed by atoms with Gasteiger partial charge in [0, 0.05) is 20.6 Å². The monoisotopic (exact) mass is 297 g/mol. The van der Waals surface area contributed by atoms with Crippen molar-refractivity contribution in [2.75, 3.05) is 5.73 Å². The van der Waals surface area contributed by atoms with E-state index in [4.69, 9.17) is 5.73 Å². The molecule has 0 spiro atoms. The number of anilines is 1. The molecule has 2 rings (SSSR count). The number of aromatic nitrogens is 2. The number of thiophene rings is 1. The number of nitrogens with zero attached hydrogens (tertiary/aromatic N) is 2. The molecule has 2 heterocycles. The Hall–Kier alpha value is -0.940. The zero-order chi connectivity index (χ0) is 11.9. The second-order valence-corrected chi connectivity index (χ2v) is 5.77. The molecule has 0 atom stereocenters. The van der Waals surface area contributed by atoms with E-state index in [1.165, 1.54) is 4.88 Å². The molecule has 0 aromatic carbocycles. The lowest BCUT2D eigenvalue weighted by Gasteiger charge is -2.04. The third-order valence-corrected chi connectivity index (χ3v) is 4.64.